The lowest BCUT2D eigenvalue weighted by molar-refractivity contribution is 0.324. The van der Waals surface area contributed by atoms with Crippen LogP contribution in [0, 0.1) is 0 Å². The van der Waals surface area contributed by atoms with Crippen molar-refractivity contribution in [3.8, 4) is 27.8 Å². The van der Waals surface area contributed by atoms with Crippen LogP contribution in [0.5, 0.6) is 17.2 Å². The summed E-state index contributed by atoms with van der Waals surface area (Å²) < 4.78 is 16.0. The molecule has 0 aliphatic carbocycles. The maximum atomic E-state index is 5.36. The molecule has 0 atom stereocenters. The van der Waals surface area contributed by atoms with E-state index in [2.05, 4.69) is 15.0 Å². The molecule has 0 aliphatic heterocycles. The number of methoxy groups -OCH3 is 3. The van der Waals surface area contributed by atoms with Crippen molar-refractivity contribution in [1.82, 2.24) is 15.0 Å². The van der Waals surface area contributed by atoms with Crippen molar-refractivity contribution in [3.63, 3.8) is 0 Å². The van der Waals surface area contributed by atoms with Crippen LogP contribution in [0.15, 0.2) is 24.5 Å². The molecular formula is C14H13N3O3S. The molecule has 3 aromatic rings. The molecule has 0 saturated carbocycles. The molecule has 0 spiro atoms. The maximum Gasteiger partial charge on any atom is 0.203 e. The van der Waals surface area contributed by atoms with Gasteiger partial charge in [-0.05, 0) is 12.1 Å². The summed E-state index contributed by atoms with van der Waals surface area (Å²) in [6.07, 6.45) is 3.28. The minimum Gasteiger partial charge on any atom is -0.493 e. The van der Waals surface area contributed by atoms with Crippen LogP contribution in [0.2, 0.25) is 0 Å². The average Bonchev–Trinajstić information content (AvgIpc) is 2.97. The summed E-state index contributed by atoms with van der Waals surface area (Å²) in [4.78, 5) is 13.7. The van der Waals surface area contributed by atoms with Crippen molar-refractivity contribution >= 4 is 21.8 Å². The van der Waals surface area contributed by atoms with Gasteiger partial charge in [-0.2, -0.15) is 0 Å². The Kier molecular flexibility index (Phi) is 3.57. The molecule has 0 fully saturated rings. The van der Waals surface area contributed by atoms with Crippen molar-refractivity contribution in [2.24, 2.45) is 0 Å². The summed E-state index contributed by atoms with van der Waals surface area (Å²) in [5, 5.41) is 0.801. The highest BCUT2D eigenvalue weighted by atomic mass is 32.1. The fraction of sp³-hybridized carbons (Fsp3) is 0.214. The number of fused-ring (bicyclic) bond motifs is 1. The minimum absolute atomic E-state index is 0.557. The number of rotatable bonds is 4. The SMILES string of the molecule is COc1cc(-c2nc3nccnc3s2)cc(OC)c1OC. The van der Waals surface area contributed by atoms with E-state index in [0.29, 0.717) is 22.9 Å². The second-order valence-electron chi connectivity index (χ2n) is 4.12. The van der Waals surface area contributed by atoms with Crippen LogP contribution in [0.3, 0.4) is 0 Å². The fourth-order valence-corrected chi connectivity index (χ4v) is 2.86. The smallest absolute Gasteiger partial charge is 0.203 e. The van der Waals surface area contributed by atoms with E-state index < -0.39 is 0 Å². The van der Waals surface area contributed by atoms with Gasteiger partial charge in [0.05, 0.1) is 21.3 Å². The van der Waals surface area contributed by atoms with Gasteiger partial charge in [0.25, 0.3) is 0 Å². The van der Waals surface area contributed by atoms with E-state index in [0.717, 1.165) is 15.4 Å². The van der Waals surface area contributed by atoms with Crippen molar-refractivity contribution in [1.29, 1.82) is 0 Å². The van der Waals surface area contributed by atoms with Crippen molar-refractivity contribution in [2.45, 2.75) is 0 Å². The van der Waals surface area contributed by atoms with Crippen LogP contribution >= 0.6 is 11.3 Å². The highest BCUT2D eigenvalue weighted by molar-refractivity contribution is 7.21. The molecule has 0 bridgehead atoms. The van der Waals surface area contributed by atoms with Gasteiger partial charge in [0, 0.05) is 18.0 Å². The van der Waals surface area contributed by atoms with Crippen molar-refractivity contribution in [2.75, 3.05) is 21.3 Å². The first-order valence-electron chi connectivity index (χ1n) is 6.14. The summed E-state index contributed by atoms with van der Waals surface area (Å²) in [5.41, 5.74) is 1.50. The van der Waals surface area contributed by atoms with Crippen LogP contribution in [0.25, 0.3) is 21.0 Å². The lowest BCUT2D eigenvalue weighted by Gasteiger charge is -2.13. The van der Waals surface area contributed by atoms with Crippen LogP contribution < -0.4 is 14.2 Å². The Labute approximate surface area is 125 Å². The minimum atomic E-state index is 0.557. The molecule has 108 valence electrons. The average molecular weight is 303 g/mol. The topological polar surface area (TPSA) is 66.4 Å². The van der Waals surface area contributed by atoms with E-state index in [1.54, 1.807) is 33.7 Å². The molecule has 7 heteroatoms. The van der Waals surface area contributed by atoms with E-state index in [-0.39, 0.29) is 0 Å². The van der Waals surface area contributed by atoms with Gasteiger partial charge in [0.2, 0.25) is 5.75 Å². The number of ether oxygens (including phenoxy) is 3. The molecule has 21 heavy (non-hydrogen) atoms. The number of benzene rings is 1. The predicted molar refractivity (Wildman–Crippen MR) is 80.3 cm³/mol. The Morgan fingerprint density at radius 1 is 0.905 bits per heavy atom. The lowest BCUT2D eigenvalue weighted by atomic mass is 10.2. The lowest BCUT2D eigenvalue weighted by Crippen LogP contribution is -1.95. The summed E-state index contributed by atoms with van der Waals surface area (Å²) in [6, 6.07) is 3.72. The van der Waals surface area contributed by atoms with Crippen molar-refractivity contribution in [3.05, 3.63) is 24.5 Å². The Hall–Kier alpha value is -2.41. The van der Waals surface area contributed by atoms with Gasteiger partial charge in [0.15, 0.2) is 22.0 Å². The molecule has 0 radical (unpaired) electrons. The first-order valence-corrected chi connectivity index (χ1v) is 6.96. The van der Waals surface area contributed by atoms with Crippen LogP contribution in [0.4, 0.5) is 0 Å². The number of nitrogens with zero attached hydrogens (tertiary/aromatic N) is 3. The van der Waals surface area contributed by atoms with E-state index in [9.17, 15) is 0 Å². The zero-order valence-electron chi connectivity index (χ0n) is 11.8. The third-order valence-corrected chi connectivity index (χ3v) is 3.96. The Bertz CT molecular complexity index is 730. The summed E-state index contributed by atoms with van der Waals surface area (Å²) in [6.45, 7) is 0. The number of hydrogen-bond acceptors (Lipinski definition) is 7. The van der Waals surface area contributed by atoms with E-state index >= 15 is 0 Å². The Morgan fingerprint density at radius 2 is 1.57 bits per heavy atom. The van der Waals surface area contributed by atoms with Gasteiger partial charge >= 0.3 is 0 Å². The Morgan fingerprint density at radius 3 is 2.14 bits per heavy atom. The van der Waals surface area contributed by atoms with E-state index in [1.165, 1.54) is 11.3 Å². The zero-order valence-corrected chi connectivity index (χ0v) is 12.6. The fourth-order valence-electron chi connectivity index (χ4n) is 2.01. The summed E-state index contributed by atoms with van der Waals surface area (Å²) >= 11 is 1.47. The van der Waals surface area contributed by atoms with E-state index in [4.69, 9.17) is 14.2 Å². The number of hydrogen-bond donors (Lipinski definition) is 0. The largest absolute Gasteiger partial charge is 0.493 e. The van der Waals surface area contributed by atoms with Gasteiger partial charge in [-0.25, -0.2) is 15.0 Å². The summed E-state index contributed by atoms with van der Waals surface area (Å²) in [7, 11) is 4.75. The number of thiazole rings is 1. The monoisotopic (exact) mass is 303 g/mol. The first kappa shape index (κ1) is 13.6. The summed E-state index contributed by atoms with van der Waals surface area (Å²) in [5.74, 6) is 1.74. The maximum absolute atomic E-state index is 5.36. The highest BCUT2D eigenvalue weighted by Gasteiger charge is 2.16. The standard InChI is InChI=1S/C14H13N3O3S/c1-18-9-6-8(7-10(19-2)11(9)20-3)13-17-12-14(21-13)16-5-4-15-12/h4-7H,1-3H3. The molecule has 2 aromatic heterocycles. The molecule has 0 amide bonds. The van der Waals surface area contributed by atoms with Gasteiger partial charge in [-0.3, -0.25) is 0 Å². The quantitative estimate of drug-likeness (QED) is 0.738. The number of aromatic nitrogens is 3. The molecule has 2 heterocycles. The van der Waals surface area contributed by atoms with Crippen LogP contribution in [-0.4, -0.2) is 36.3 Å². The molecule has 1 aromatic carbocycles. The third-order valence-electron chi connectivity index (χ3n) is 2.96. The molecule has 0 unspecified atom stereocenters. The second-order valence-corrected chi connectivity index (χ2v) is 5.10. The van der Waals surface area contributed by atoms with Gasteiger partial charge in [-0.1, -0.05) is 11.3 Å². The molecule has 0 aliphatic rings. The van der Waals surface area contributed by atoms with Crippen molar-refractivity contribution < 1.29 is 14.2 Å². The van der Waals surface area contributed by atoms with E-state index in [1.807, 2.05) is 12.1 Å². The molecule has 0 saturated heterocycles. The van der Waals surface area contributed by atoms with Crippen LogP contribution in [-0.2, 0) is 0 Å². The van der Waals surface area contributed by atoms with Gasteiger partial charge in [-0.15, -0.1) is 0 Å². The third kappa shape index (κ3) is 2.36. The molecule has 0 N–H and O–H groups in total. The Balaban J connectivity index is 2.17. The normalized spacial score (nSPS) is 10.6. The molecule has 6 nitrogen and oxygen atoms in total. The molecule has 3 rings (SSSR count). The highest BCUT2D eigenvalue weighted by Crippen LogP contribution is 2.42. The van der Waals surface area contributed by atoms with Gasteiger partial charge < -0.3 is 14.2 Å². The molecular weight excluding hydrogens is 290 g/mol. The van der Waals surface area contributed by atoms with Crippen LogP contribution in [0.1, 0.15) is 0 Å². The zero-order chi connectivity index (χ0) is 14.8. The second kappa shape index (κ2) is 5.53. The first-order chi connectivity index (χ1) is 10.3. The van der Waals surface area contributed by atoms with Gasteiger partial charge in [0.1, 0.15) is 5.01 Å². The predicted octanol–water partition coefficient (Wildman–Crippen LogP) is 2.78.